The summed E-state index contributed by atoms with van der Waals surface area (Å²) < 4.78 is 37.3. The Balaban J connectivity index is 2.90. The predicted octanol–water partition coefficient (Wildman–Crippen LogP) is 0.103. The molecule has 0 saturated heterocycles. The lowest BCUT2D eigenvalue weighted by atomic mass is 10.4. The summed E-state index contributed by atoms with van der Waals surface area (Å²) in [6.45, 7) is 2.92. The normalized spacial score (nSPS) is 11.8. The maximum absolute atomic E-state index is 12.5. The van der Waals surface area contributed by atoms with Crippen molar-refractivity contribution in [3.8, 4) is 0 Å². The second kappa shape index (κ2) is 8.11. The number of esters is 1. The summed E-state index contributed by atoms with van der Waals surface area (Å²) in [5.74, 6) is -0.466. The van der Waals surface area contributed by atoms with Crippen molar-refractivity contribution in [1.29, 1.82) is 0 Å². The van der Waals surface area contributed by atoms with Crippen LogP contribution in [-0.2, 0) is 30.8 Å². The maximum Gasteiger partial charge on any atom is 0.306 e. The number of sulfonamides is 1. The van der Waals surface area contributed by atoms with Gasteiger partial charge in [-0.25, -0.2) is 13.4 Å². The van der Waals surface area contributed by atoms with E-state index in [9.17, 15) is 13.2 Å². The Morgan fingerprint density at radius 3 is 2.62 bits per heavy atom. The van der Waals surface area contributed by atoms with Crippen LogP contribution < -0.4 is 0 Å². The van der Waals surface area contributed by atoms with Gasteiger partial charge in [0, 0.05) is 32.9 Å². The minimum absolute atomic E-state index is 0.0199. The zero-order valence-electron chi connectivity index (χ0n) is 12.5. The van der Waals surface area contributed by atoms with E-state index in [0.717, 1.165) is 0 Å². The fraction of sp³-hybridized carbons (Fsp3) is 0.667. The van der Waals surface area contributed by atoms with Crippen molar-refractivity contribution in [2.24, 2.45) is 0 Å². The molecule has 0 atom stereocenters. The van der Waals surface area contributed by atoms with Crippen molar-refractivity contribution < 1.29 is 22.7 Å². The highest BCUT2D eigenvalue weighted by atomic mass is 32.2. The van der Waals surface area contributed by atoms with Crippen molar-refractivity contribution in [2.45, 2.75) is 24.9 Å². The number of carbonyl (C=O) groups is 1. The average Bonchev–Trinajstić information content (AvgIpc) is 2.96. The SMILES string of the molecule is CCn1cnc(S(=O)(=O)N(CCOC)CCC(=O)OC)c1. The van der Waals surface area contributed by atoms with Gasteiger partial charge in [-0.05, 0) is 6.92 Å². The van der Waals surface area contributed by atoms with Gasteiger partial charge in [0.2, 0.25) is 0 Å². The first-order valence-corrected chi connectivity index (χ1v) is 7.97. The van der Waals surface area contributed by atoms with E-state index in [4.69, 9.17) is 4.74 Å². The first-order chi connectivity index (χ1) is 9.95. The number of aromatic nitrogens is 2. The highest BCUT2D eigenvalue weighted by molar-refractivity contribution is 7.89. The Kier molecular flexibility index (Phi) is 6.79. The summed E-state index contributed by atoms with van der Waals surface area (Å²) in [5.41, 5.74) is 0. The second-order valence-corrected chi connectivity index (χ2v) is 6.15. The standard InChI is InChI=1S/C12H21N3O5S/c1-4-14-9-11(13-10-14)21(17,18)15(7-8-19-2)6-5-12(16)20-3/h9-10H,4-8H2,1-3H3. The number of hydrogen-bond acceptors (Lipinski definition) is 6. The van der Waals surface area contributed by atoms with Crippen molar-refractivity contribution in [2.75, 3.05) is 33.9 Å². The molecule has 0 aromatic carbocycles. The zero-order chi connectivity index (χ0) is 15.9. The van der Waals surface area contributed by atoms with E-state index in [1.54, 1.807) is 4.57 Å². The third kappa shape index (κ3) is 4.80. The molecule has 0 radical (unpaired) electrons. The Morgan fingerprint density at radius 1 is 1.38 bits per heavy atom. The quantitative estimate of drug-likeness (QED) is 0.600. The Hall–Kier alpha value is -1.45. The molecule has 0 unspecified atom stereocenters. The van der Waals surface area contributed by atoms with Gasteiger partial charge in [0.15, 0.2) is 5.03 Å². The Bertz CT molecular complexity index is 555. The molecule has 0 amide bonds. The van der Waals surface area contributed by atoms with Gasteiger partial charge >= 0.3 is 5.97 Å². The van der Waals surface area contributed by atoms with Crippen LogP contribution in [0.1, 0.15) is 13.3 Å². The summed E-state index contributed by atoms with van der Waals surface area (Å²) in [6.07, 6.45) is 2.91. The highest BCUT2D eigenvalue weighted by Crippen LogP contribution is 2.14. The maximum atomic E-state index is 12.5. The third-order valence-corrected chi connectivity index (χ3v) is 4.70. The van der Waals surface area contributed by atoms with Crippen molar-refractivity contribution >= 4 is 16.0 Å². The molecule has 0 spiro atoms. The smallest absolute Gasteiger partial charge is 0.306 e. The highest BCUT2D eigenvalue weighted by Gasteiger charge is 2.27. The van der Waals surface area contributed by atoms with Crippen LogP contribution >= 0.6 is 0 Å². The van der Waals surface area contributed by atoms with Gasteiger partial charge in [-0.2, -0.15) is 4.31 Å². The molecular weight excluding hydrogens is 298 g/mol. The molecule has 9 heteroatoms. The number of hydrogen-bond donors (Lipinski definition) is 0. The van der Waals surface area contributed by atoms with Crippen LogP contribution in [-0.4, -0.2) is 62.2 Å². The van der Waals surface area contributed by atoms with E-state index in [1.165, 1.54) is 31.0 Å². The first kappa shape index (κ1) is 17.6. The van der Waals surface area contributed by atoms with Gasteiger partial charge in [-0.1, -0.05) is 0 Å². The Morgan fingerprint density at radius 2 is 2.10 bits per heavy atom. The van der Waals surface area contributed by atoms with E-state index in [0.29, 0.717) is 6.54 Å². The largest absolute Gasteiger partial charge is 0.469 e. The van der Waals surface area contributed by atoms with Crippen molar-refractivity contribution in [3.63, 3.8) is 0 Å². The zero-order valence-corrected chi connectivity index (χ0v) is 13.3. The van der Waals surface area contributed by atoms with Gasteiger partial charge in [0.25, 0.3) is 10.0 Å². The van der Waals surface area contributed by atoms with Gasteiger partial charge in [0.05, 0.1) is 26.5 Å². The van der Waals surface area contributed by atoms with Gasteiger partial charge in [-0.3, -0.25) is 4.79 Å². The molecule has 1 heterocycles. The molecule has 120 valence electrons. The lowest BCUT2D eigenvalue weighted by Crippen LogP contribution is -2.36. The first-order valence-electron chi connectivity index (χ1n) is 6.53. The summed E-state index contributed by atoms with van der Waals surface area (Å²) in [6, 6.07) is 0. The van der Waals surface area contributed by atoms with E-state index >= 15 is 0 Å². The minimum atomic E-state index is -3.75. The van der Waals surface area contributed by atoms with Crippen LogP contribution in [0, 0.1) is 0 Å². The van der Waals surface area contributed by atoms with Crippen molar-refractivity contribution in [1.82, 2.24) is 13.9 Å². The van der Waals surface area contributed by atoms with E-state index in [2.05, 4.69) is 9.72 Å². The van der Waals surface area contributed by atoms with Crippen LogP contribution in [0.3, 0.4) is 0 Å². The fourth-order valence-corrected chi connectivity index (χ4v) is 3.00. The molecule has 0 bridgehead atoms. The molecule has 0 saturated carbocycles. The summed E-state index contributed by atoms with van der Waals surface area (Å²) >= 11 is 0. The molecule has 0 fully saturated rings. The van der Waals surface area contributed by atoms with Gasteiger partial charge in [0.1, 0.15) is 0 Å². The topological polar surface area (TPSA) is 90.7 Å². The monoisotopic (exact) mass is 319 g/mol. The molecule has 0 aliphatic rings. The number of rotatable bonds is 9. The summed E-state index contributed by atoms with van der Waals surface area (Å²) in [7, 11) is -1.01. The molecule has 21 heavy (non-hydrogen) atoms. The lowest BCUT2D eigenvalue weighted by molar-refractivity contribution is -0.140. The fourth-order valence-electron chi connectivity index (χ4n) is 1.64. The third-order valence-electron chi connectivity index (χ3n) is 2.92. The Labute approximate surface area is 124 Å². The molecule has 1 rings (SSSR count). The summed E-state index contributed by atoms with van der Waals surface area (Å²) in [4.78, 5) is 15.1. The number of nitrogens with zero attached hydrogens (tertiary/aromatic N) is 3. The van der Waals surface area contributed by atoms with Gasteiger partial charge in [-0.15, -0.1) is 0 Å². The molecule has 0 aliphatic carbocycles. The summed E-state index contributed by atoms with van der Waals surface area (Å²) in [5, 5.41) is -0.0367. The van der Waals surface area contributed by atoms with Crippen LogP contribution in [0.25, 0.3) is 0 Å². The second-order valence-electron chi connectivity index (χ2n) is 4.27. The van der Waals surface area contributed by atoms with E-state index < -0.39 is 16.0 Å². The van der Waals surface area contributed by atoms with Crippen LogP contribution in [0.4, 0.5) is 0 Å². The van der Waals surface area contributed by atoms with E-state index in [-0.39, 0.29) is 31.1 Å². The number of imidazole rings is 1. The average molecular weight is 319 g/mol. The number of carbonyl (C=O) groups excluding carboxylic acids is 1. The van der Waals surface area contributed by atoms with Crippen LogP contribution in [0.5, 0.6) is 0 Å². The molecule has 1 aromatic rings. The predicted molar refractivity (Wildman–Crippen MR) is 75.2 cm³/mol. The van der Waals surface area contributed by atoms with Gasteiger partial charge < -0.3 is 14.0 Å². The molecular formula is C12H21N3O5S. The number of ether oxygens (including phenoxy) is 2. The van der Waals surface area contributed by atoms with Crippen LogP contribution in [0.15, 0.2) is 17.6 Å². The molecule has 0 N–H and O–H groups in total. The number of methoxy groups -OCH3 is 2. The minimum Gasteiger partial charge on any atom is -0.469 e. The molecule has 0 aliphatic heterocycles. The van der Waals surface area contributed by atoms with E-state index in [1.807, 2.05) is 6.92 Å². The number of aryl methyl sites for hydroxylation is 1. The molecule has 1 aromatic heterocycles. The van der Waals surface area contributed by atoms with Crippen molar-refractivity contribution in [3.05, 3.63) is 12.5 Å². The van der Waals surface area contributed by atoms with Crippen LogP contribution in [0.2, 0.25) is 0 Å². The lowest BCUT2D eigenvalue weighted by Gasteiger charge is -2.20. The molecule has 8 nitrogen and oxygen atoms in total.